The summed E-state index contributed by atoms with van der Waals surface area (Å²) in [5.74, 6) is -2.51. The summed E-state index contributed by atoms with van der Waals surface area (Å²) >= 11 is 0. The first-order chi connectivity index (χ1) is 22.8. The third-order valence-corrected chi connectivity index (χ3v) is 11.7. The van der Waals surface area contributed by atoms with Crippen molar-refractivity contribution in [3.63, 3.8) is 0 Å². The second-order valence-electron chi connectivity index (χ2n) is 16.1. The molecule has 3 rings (SSSR count). The fourth-order valence-corrected chi connectivity index (χ4v) is 8.55. The number of esters is 1. The minimum atomic E-state index is -1.77. The number of carbonyl (C=O) groups is 1. The molecule has 3 heterocycles. The third kappa shape index (κ3) is 10.1. The summed E-state index contributed by atoms with van der Waals surface area (Å²) in [7, 11) is 0. The van der Waals surface area contributed by atoms with Gasteiger partial charge in [-0.25, -0.2) is 0 Å². The number of aliphatic hydroxyl groups is 4. The zero-order chi connectivity index (χ0) is 37.0. The molecule has 0 spiro atoms. The topological polar surface area (TPSA) is 170 Å². The van der Waals surface area contributed by atoms with Gasteiger partial charge in [0.2, 0.25) is 0 Å². The molecular formula is C37H68NO11-. The molecule has 3 fully saturated rings. The first-order valence-electron chi connectivity index (χ1n) is 18.7. The van der Waals surface area contributed by atoms with Gasteiger partial charge in [-0.2, -0.15) is 0 Å². The molecule has 0 saturated carbocycles. The van der Waals surface area contributed by atoms with Gasteiger partial charge in [-0.05, 0) is 91.5 Å². The van der Waals surface area contributed by atoms with Crippen LogP contribution in [-0.4, -0.2) is 124 Å². The molecule has 12 heteroatoms. The van der Waals surface area contributed by atoms with E-state index in [1.807, 2.05) is 48.5 Å². The van der Waals surface area contributed by atoms with Gasteiger partial charge < -0.3 is 49.2 Å². The number of hydrogen-bond donors (Lipinski definition) is 4. The summed E-state index contributed by atoms with van der Waals surface area (Å²) in [5.41, 5.74) is -3.26. The van der Waals surface area contributed by atoms with Gasteiger partial charge in [0.15, 0.2) is 12.6 Å². The molecule has 17 atom stereocenters. The molecule has 12 nitrogen and oxygen atoms in total. The van der Waals surface area contributed by atoms with E-state index < -0.39 is 78.1 Å². The maximum atomic E-state index is 14.1. The van der Waals surface area contributed by atoms with Crippen LogP contribution in [0.3, 0.4) is 0 Å². The van der Waals surface area contributed by atoms with Crippen molar-refractivity contribution in [2.24, 2.45) is 29.6 Å². The van der Waals surface area contributed by atoms with Crippen molar-refractivity contribution in [1.29, 1.82) is 0 Å². The molecule has 288 valence electrons. The van der Waals surface area contributed by atoms with E-state index in [9.17, 15) is 30.3 Å². The Morgan fingerprint density at radius 1 is 0.980 bits per heavy atom. The number of nitrogens with zero attached hydrogens (tertiary/aromatic N) is 1. The molecule has 0 amide bonds. The Bertz CT molecular complexity index is 1020. The first kappa shape index (κ1) is 42.5. The number of cyclic esters (lactones) is 1. The van der Waals surface area contributed by atoms with Crippen molar-refractivity contribution in [2.45, 2.75) is 181 Å². The van der Waals surface area contributed by atoms with Crippen molar-refractivity contribution < 1.29 is 54.0 Å². The van der Waals surface area contributed by atoms with Crippen LogP contribution in [0.25, 0.3) is 0 Å². The van der Waals surface area contributed by atoms with E-state index in [-0.39, 0.29) is 49.4 Å². The fourth-order valence-electron chi connectivity index (χ4n) is 8.55. The predicted octanol–water partition coefficient (Wildman–Crippen LogP) is 2.60. The maximum Gasteiger partial charge on any atom is 0.311 e. The number of ether oxygens (including phenoxy) is 5. The molecule has 0 aliphatic carbocycles. The van der Waals surface area contributed by atoms with Crippen LogP contribution < -0.4 is 5.11 Å². The van der Waals surface area contributed by atoms with Gasteiger partial charge in [-0.1, -0.05) is 34.6 Å². The Hall–Kier alpha value is -0.930. The van der Waals surface area contributed by atoms with Crippen LogP contribution in [0.4, 0.5) is 0 Å². The second-order valence-corrected chi connectivity index (χ2v) is 16.1. The summed E-state index contributed by atoms with van der Waals surface area (Å²) < 4.78 is 31.6. The van der Waals surface area contributed by atoms with Gasteiger partial charge in [-0.15, -0.1) is 6.61 Å². The third-order valence-electron chi connectivity index (χ3n) is 11.7. The molecular weight excluding hydrogens is 634 g/mol. The van der Waals surface area contributed by atoms with Crippen LogP contribution in [0.2, 0.25) is 0 Å². The van der Waals surface area contributed by atoms with Crippen LogP contribution in [-0.2, 0) is 28.5 Å². The maximum absolute atomic E-state index is 14.1. The van der Waals surface area contributed by atoms with Crippen LogP contribution in [0.15, 0.2) is 0 Å². The average Bonchev–Trinajstić information content (AvgIpc) is 3.02. The number of aliphatic hydroxyl groups excluding tert-OH is 2. The molecule has 3 aliphatic rings. The van der Waals surface area contributed by atoms with Crippen LogP contribution in [0, 0.1) is 29.6 Å². The summed E-state index contributed by atoms with van der Waals surface area (Å²) in [6.45, 7) is 20.9. The average molecular weight is 703 g/mol. The highest BCUT2D eigenvalue weighted by Gasteiger charge is 2.50. The molecule has 3 saturated heterocycles. The van der Waals surface area contributed by atoms with Crippen molar-refractivity contribution >= 4 is 5.97 Å². The Balaban J connectivity index is 2.13. The lowest BCUT2D eigenvalue weighted by Crippen LogP contribution is -2.59. The van der Waals surface area contributed by atoms with Gasteiger partial charge in [-0.3, -0.25) is 9.69 Å². The quantitative estimate of drug-likeness (QED) is 0.287. The molecule has 0 aromatic heterocycles. The normalized spacial score (nSPS) is 48.7. The Morgan fingerprint density at radius 2 is 1.63 bits per heavy atom. The van der Waals surface area contributed by atoms with Crippen molar-refractivity contribution in [1.82, 2.24) is 4.90 Å². The van der Waals surface area contributed by atoms with Crippen LogP contribution in [0.1, 0.15) is 108 Å². The molecule has 0 aromatic carbocycles. The molecule has 0 radical (unpaired) electrons. The monoisotopic (exact) mass is 702 g/mol. The van der Waals surface area contributed by atoms with Gasteiger partial charge in [0, 0.05) is 24.9 Å². The smallest absolute Gasteiger partial charge is 0.311 e. The van der Waals surface area contributed by atoms with Crippen LogP contribution in [0.5, 0.6) is 0 Å². The summed E-state index contributed by atoms with van der Waals surface area (Å²) in [6.07, 6.45) is -5.24. The fraction of sp³-hybridized carbons (Fsp3) is 0.973. The zero-order valence-corrected chi connectivity index (χ0v) is 31.9. The second kappa shape index (κ2) is 17.7. The summed E-state index contributed by atoms with van der Waals surface area (Å²) in [4.78, 5) is 16.1. The predicted molar refractivity (Wildman–Crippen MR) is 182 cm³/mol. The first-order valence-corrected chi connectivity index (χ1v) is 18.7. The van der Waals surface area contributed by atoms with E-state index in [1.54, 1.807) is 20.8 Å². The minimum absolute atomic E-state index is 0.0129. The Labute approximate surface area is 294 Å². The lowest BCUT2D eigenvalue weighted by molar-refractivity contribution is -0.395. The Kier molecular flexibility index (Phi) is 15.4. The summed E-state index contributed by atoms with van der Waals surface area (Å²) in [6, 6.07) is -0.498. The van der Waals surface area contributed by atoms with Gasteiger partial charge in [0.05, 0.1) is 35.9 Å². The molecule has 0 bridgehead atoms. The van der Waals surface area contributed by atoms with E-state index in [0.717, 1.165) is 0 Å². The minimum Gasteiger partial charge on any atom is -0.854 e. The van der Waals surface area contributed by atoms with E-state index in [2.05, 4.69) is 4.90 Å². The van der Waals surface area contributed by atoms with E-state index in [0.29, 0.717) is 32.4 Å². The van der Waals surface area contributed by atoms with Gasteiger partial charge in [0.1, 0.15) is 23.9 Å². The van der Waals surface area contributed by atoms with Crippen LogP contribution >= 0.6 is 0 Å². The van der Waals surface area contributed by atoms with Crippen molar-refractivity contribution in [2.75, 3.05) is 19.7 Å². The van der Waals surface area contributed by atoms with E-state index in [4.69, 9.17) is 23.7 Å². The number of rotatable bonds is 7. The van der Waals surface area contributed by atoms with Crippen molar-refractivity contribution in [3.05, 3.63) is 0 Å². The standard InChI is InChI=1S/C37H68NO11/c1-12-29-37(11,44)32(41)25(8)38(13-2)18-20(3)17-36(10,43)33(49-35-28(40)15-14-22(5)45-35)23(6)31(24(7)34(42)47-29)48-30-16-21(4)27(19-39)26(9)46-30/h20-33,35,40-41,43-44H,12-19H2,1-11H3/q-1/t20-,21?,22-,23+,24-,25-,26+,27?,28-,29-,30+,31+,32-,33-,35+,36-,37-/m1/s1. The van der Waals surface area contributed by atoms with Crippen molar-refractivity contribution in [3.8, 4) is 0 Å². The lowest BCUT2D eigenvalue weighted by Gasteiger charge is -2.47. The SMILES string of the molecule is CC[C@H]1OC(=O)[C@H](C)[C@@H](O[C@H]2CC(C)C(C[O-])[C@H](C)O2)[C@H](C)[C@@H](O[C@@H]2O[C@H](C)CC[C@H]2O)[C@](C)(O)C[C@@H](C)CN(CC)[C@H](C)[C@@H](O)[C@]1(C)O. The highest BCUT2D eigenvalue weighted by Crippen LogP contribution is 2.39. The molecule has 4 N–H and O–H groups in total. The molecule has 0 aromatic rings. The highest BCUT2D eigenvalue weighted by atomic mass is 16.7. The lowest BCUT2D eigenvalue weighted by atomic mass is 9.77. The number of carbonyl (C=O) groups excluding carboxylic acids is 1. The molecule has 49 heavy (non-hydrogen) atoms. The van der Waals surface area contributed by atoms with E-state index >= 15 is 0 Å². The van der Waals surface area contributed by atoms with E-state index in [1.165, 1.54) is 6.92 Å². The van der Waals surface area contributed by atoms with Gasteiger partial charge >= 0.3 is 5.97 Å². The largest absolute Gasteiger partial charge is 0.854 e. The Morgan fingerprint density at radius 3 is 2.20 bits per heavy atom. The molecule has 2 unspecified atom stereocenters. The number of likely N-dealkylation sites (N-methyl/N-ethyl adjacent to an activating group) is 1. The zero-order valence-electron chi connectivity index (χ0n) is 31.9. The van der Waals surface area contributed by atoms with Gasteiger partial charge in [0.25, 0.3) is 0 Å². The number of hydrogen-bond acceptors (Lipinski definition) is 12. The molecule has 3 aliphatic heterocycles. The highest BCUT2D eigenvalue weighted by molar-refractivity contribution is 5.73. The summed E-state index contributed by atoms with van der Waals surface area (Å²) in [5, 5.41) is 58.5.